The minimum atomic E-state index is -0.539. The zero-order valence-electron chi connectivity index (χ0n) is 12.0. The van der Waals surface area contributed by atoms with Crippen LogP contribution in [0.2, 0.25) is 0 Å². The first-order chi connectivity index (χ1) is 9.07. The third-order valence-electron chi connectivity index (χ3n) is 2.19. The van der Waals surface area contributed by atoms with E-state index < -0.39 is 5.97 Å². The Morgan fingerprint density at radius 1 is 0.895 bits per heavy atom. The lowest BCUT2D eigenvalue weighted by Gasteiger charge is -2.07. The summed E-state index contributed by atoms with van der Waals surface area (Å²) in [5.74, 6) is -0.775. The molecule has 0 rings (SSSR count). The predicted octanol–water partition coefficient (Wildman–Crippen LogP) is 0.824. The van der Waals surface area contributed by atoms with Crippen LogP contribution in [0.5, 0.6) is 0 Å². The van der Waals surface area contributed by atoms with Gasteiger partial charge < -0.3 is 18.9 Å². The van der Waals surface area contributed by atoms with E-state index in [9.17, 15) is 9.59 Å². The highest BCUT2D eigenvalue weighted by atomic mass is 16.6. The quantitative estimate of drug-likeness (QED) is 0.388. The van der Waals surface area contributed by atoms with Crippen LogP contribution in [0.3, 0.4) is 0 Å². The fourth-order valence-corrected chi connectivity index (χ4v) is 0.998. The minimum Gasteiger partial charge on any atom is -0.456 e. The Labute approximate surface area is 114 Å². The van der Waals surface area contributed by atoms with Gasteiger partial charge in [0.25, 0.3) is 0 Å². The third-order valence-corrected chi connectivity index (χ3v) is 2.19. The number of ether oxygens (including phenoxy) is 4. The number of rotatable bonds is 12. The molecule has 0 aliphatic heterocycles. The molecule has 0 radical (unpaired) electrons. The van der Waals surface area contributed by atoms with Crippen molar-refractivity contribution < 1.29 is 28.5 Å². The highest BCUT2D eigenvalue weighted by molar-refractivity contribution is 5.84. The molecule has 19 heavy (non-hydrogen) atoms. The van der Waals surface area contributed by atoms with Crippen LogP contribution in [0, 0.1) is 5.92 Å². The molecule has 0 aliphatic rings. The highest BCUT2D eigenvalue weighted by Gasteiger charge is 2.10. The number of ketones is 1. The summed E-state index contributed by atoms with van der Waals surface area (Å²) in [4.78, 5) is 22.4. The molecule has 0 aromatic carbocycles. The Morgan fingerprint density at radius 2 is 1.47 bits per heavy atom. The van der Waals surface area contributed by atoms with Gasteiger partial charge in [-0.15, -0.1) is 0 Å². The van der Waals surface area contributed by atoms with Gasteiger partial charge in [0, 0.05) is 12.5 Å². The van der Waals surface area contributed by atoms with Crippen LogP contribution in [0.4, 0.5) is 0 Å². The Morgan fingerprint density at radius 3 is 2.05 bits per heavy atom. The maximum atomic E-state index is 11.2. The van der Waals surface area contributed by atoms with Crippen LogP contribution in [0.15, 0.2) is 0 Å². The second-order valence-corrected chi connectivity index (χ2v) is 4.14. The second kappa shape index (κ2) is 12.1. The van der Waals surface area contributed by atoms with E-state index in [1.54, 1.807) is 13.8 Å². The summed E-state index contributed by atoms with van der Waals surface area (Å²) in [5, 5.41) is 0. The molecule has 0 aliphatic carbocycles. The van der Waals surface area contributed by atoms with Gasteiger partial charge in [0.15, 0.2) is 5.78 Å². The van der Waals surface area contributed by atoms with Gasteiger partial charge in [0.05, 0.1) is 26.4 Å². The summed E-state index contributed by atoms with van der Waals surface area (Å²) in [6, 6.07) is 0. The van der Waals surface area contributed by atoms with Gasteiger partial charge >= 0.3 is 5.97 Å². The molecule has 0 heterocycles. The van der Waals surface area contributed by atoms with Gasteiger partial charge in [-0.1, -0.05) is 13.8 Å². The topological polar surface area (TPSA) is 71.1 Å². The molecule has 0 fully saturated rings. The lowest BCUT2D eigenvalue weighted by Crippen LogP contribution is -2.21. The van der Waals surface area contributed by atoms with E-state index in [0.717, 1.165) is 0 Å². The van der Waals surface area contributed by atoms with E-state index in [4.69, 9.17) is 18.9 Å². The van der Waals surface area contributed by atoms with Crippen molar-refractivity contribution in [3.8, 4) is 0 Å². The van der Waals surface area contributed by atoms with E-state index in [2.05, 4.69) is 0 Å². The van der Waals surface area contributed by atoms with Crippen molar-refractivity contribution in [1.29, 1.82) is 0 Å². The van der Waals surface area contributed by atoms with Gasteiger partial charge in [-0.25, -0.2) is 4.79 Å². The van der Waals surface area contributed by atoms with E-state index in [1.807, 2.05) is 6.92 Å². The normalized spacial score (nSPS) is 10.7. The van der Waals surface area contributed by atoms with Gasteiger partial charge in [-0.2, -0.15) is 0 Å². The summed E-state index contributed by atoms with van der Waals surface area (Å²) < 4.78 is 20.1. The maximum Gasteiger partial charge on any atom is 0.332 e. The van der Waals surface area contributed by atoms with Gasteiger partial charge in [0.2, 0.25) is 0 Å². The van der Waals surface area contributed by atoms with E-state index in [1.165, 1.54) is 0 Å². The largest absolute Gasteiger partial charge is 0.456 e. The Kier molecular flexibility index (Phi) is 11.5. The predicted molar refractivity (Wildman–Crippen MR) is 68.9 cm³/mol. The zero-order chi connectivity index (χ0) is 14.5. The van der Waals surface area contributed by atoms with E-state index in [0.29, 0.717) is 33.0 Å². The zero-order valence-corrected chi connectivity index (χ0v) is 12.0. The number of hydrogen-bond donors (Lipinski definition) is 0. The summed E-state index contributed by atoms with van der Waals surface area (Å²) >= 11 is 0. The van der Waals surface area contributed by atoms with Gasteiger partial charge in [0.1, 0.15) is 13.2 Å². The van der Waals surface area contributed by atoms with Crippen molar-refractivity contribution >= 4 is 11.8 Å². The van der Waals surface area contributed by atoms with Crippen LogP contribution < -0.4 is 0 Å². The smallest absolute Gasteiger partial charge is 0.332 e. The molecule has 0 aromatic heterocycles. The van der Waals surface area contributed by atoms with Crippen molar-refractivity contribution in [2.45, 2.75) is 20.8 Å². The number of hydrogen-bond acceptors (Lipinski definition) is 6. The molecule has 0 amide bonds. The number of carbonyl (C=O) groups excluding carboxylic acids is 2. The number of carbonyl (C=O) groups is 2. The Balaban J connectivity index is 3.32. The molecule has 0 aromatic rings. The standard InChI is InChI=1S/C13H24O6/c1-4-16-5-6-17-7-8-18-10-13(15)19-9-12(14)11(2)3/h11H,4-10H2,1-3H3. The first kappa shape index (κ1) is 18.0. The van der Waals surface area contributed by atoms with Crippen LogP contribution in [-0.4, -0.2) is 58.0 Å². The molecule has 0 spiro atoms. The average molecular weight is 276 g/mol. The van der Waals surface area contributed by atoms with Crippen molar-refractivity contribution in [3.05, 3.63) is 0 Å². The average Bonchev–Trinajstić information content (AvgIpc) is 2.38. The molecular weight excluding hydrogens is 252 g/mol. The first-order valence-electron chi connectivity index (χ1n) is 6.49. The van der Waals surface area contributed by atoms with E-state index >= 15 is 0 Å². The van der Waals surface area contributed by atoms with Crippen molar-refractivity contribution in [2.24, 2.45) is 5.92 Å². The van der Waals surface area contributed by atoms with Crippen LogP contribution in [0.25, 0.3) is 0 Å². The lowest BCUT2D eigenvalue weighted by molar-refractivity contribution is -0.153. The SMILES string of the molecule is CCOCCOCCOCC(=O)OCC(=O)C(C)C. The summed E-state index contributed by atoms with van der Waals surface area (Å²) in [6.45, 7) is 7.49. The maximum absolute atomic E-state index is 11.2. The summed E-state index contributed by atoms with van der Waals surface area (Å²) in [5.41, 5.74) is 0. The van der Waals surface area contributed by atoms with Crippen molar-refractivity contribution in [1.82, 2.24) is 0 Å². The molecule has 6 nitrogen and oxygen atoms in total. The van der Waals surface area contributed by atoms with Gasteiger partial charge in [-0.3, -0.25) is 4.79 Å². The molecular formula is C13H24O6. The van der Waals surface area contributed by atoms with Gasteiger partial charge in [-0.05, 0) is 6.92 Å². The van der Waals surface area contributed by atoms with Crippen LogP contribution in [-0.2, 0) is 28.5 Å². The van der Waals surface area contributed by atoms with Crippen LogP contribution >= 0.6 is 0 Å². The highest BCUT2D eigenvalue weighted by Crippen LogP contribution is 1.95. The molecule has 0 N–H and O–H groups in total. The van der Waals surface area contributed by atoms with Crippen molar-refractivity contribution in [3.63, 3.8) is 0 Å². The second-order valence-electron chi connectivity index (χ2n) is 4.14. The van der Waals surface area contributed by atoms with E-state index in [-0.39, 0.29) is 24.9 Å². The monoisotopic (exact) mass is 276 g/mol. The summed E-state index contributed by atoms with van der Waals surface area (Å²) in [7, 11) is 0. The summed E-state index contributed by atoms with van der Waals surface area (Å²) in [6.07, 6.45) is 0. The number of Topliss-reactive ketones (excluding diaryl/α,β-unsaturated/α-hetero) is 1. The Bertz CT molecular complexity index is 252. The van der Waals surface area contributed by atoms with Crippen LogP contribution in [0.1, 0.15) is 20.8 Å². The lowest BCUT2D eigenvalue weighted by atomic mass is 10.1. The Hall–Kier alpha value is -0.980. The fraction of sp³-hybridized carbons (Fsp3) is 0.846. The van der Waals surface area contributed by atoms with Crippen molar-refractivity contribution in [2.75, 3.05) is 46.2 Å². The fourth-order valence-electron chi connectivity index (χ4n) is 0.998. The minimum absolute atomic E-state index is 0.104. The first-order valence-corrected chi connectivity index (χ1v) is 6.49. The molecule has 112 valence electrons. The molecule has 6 heteroatoms. The number of esters is 1. The molecule has 0 saturated heterocycles. The molecule has 0 atom stereocenters. The molecule has 0 saturated carbocycles. The molecule has 0 unspecified atom stereocenters. The third kappa shape index (κ3) is 11.8. The molecule has 0 bridgehead atoms.